The summed E-state index contributed by atoms with van der Waals surface area (Å²) in [5.74, 6) is 0.246. The molecule has 0 aliphatic heterocycles. The molecular weight excluding hydrogens is 310 g/mol. The maximum absolute atomic E-state index is 11.8. The van der Waals surface area contributed by atoms with Gasteiger partial charge in [-0.1, -0.05) is 19.3 Å². The van der Waals surface area contributed by atoms with Crippen molar-refractivity contribution in [2.24, 2.45) is 0 Å². The summed E-state index contributed by atoms with van der Waals surface area (Å²) >= 11 is 0. The van der Waals surface area contributed by atoms with Crippen molar-refractivity contribution in [2.75, 3.05) is 0 Å². The van der Waals surface area contributed by atoms with Crippen LogP contribution in [0.5, 0.6) is 0 Å². The lowest BCUT2D eigenvalue weighted by Gasteiger charge is -2.22. The first-order valence-corrected chi connectivity index (χ1v) is 8.50. The SMILES string of the molecule is CC(C)(C)OC(=O)N[C@@H](Cc1cnc(C2CCCCC2)[nH]1)C(=O)O. The lowest BCUT2D eigenvalue weighted by Crippen LogP contribution is -2.44. The average molecular weight is 337 g/mol. The number of nitrogens with one attached hydrogen (secondary N) is 2. The van der Waals surface area contributed by atoms with Gasteiger partial charge in [0.2, 0.25) is 0 Å². The largest absolute Gasteiger partial charge is 0.480 e. The van der Waals surface area contributed by atoms with Crippen molar-refractivity contribution in [1.82, 2.24) is 15.3 Å². The number of imidazole rings is 1. The molecule has 1 saturated carbocycles. The molecule has 7 nitrogen and oxygen atoms in total. The van der Waals surface area contributed by atoms with Crippen LogP contribution in [0.15, 0.2) is 6.20 Å². The first-order chi connectivity index (χ1) is 11.2. The lowest BCUT2D eigenvalue weighted by molar-refractivity contribution is -0.139. The average Bonchev–Trinajstić information content (AvgIpc) is 2.94. The van der Waals surface area contributed by atoms with Crippen LogP contribution in [0.3, 0.4) is 0 Å². The molecule has 1 fully saturated rings. The Balaban J connectivity index is 1.96. The van der Waals surface area contributed by atoms with Crippen molar-refractivity contribution < 1.29 is 19.4 Å². The van der Waals surface area contributed by atoms with E-state index in [-0.39, 0.29) is 6.42 Å². The Hall–Kier alpha value is -2.05. The van der Waals surface area contributed by atoms with Crippen molar-refractivity contribution in [2.45, 2.75) is 76.9 Å². The molecule has 0 saturated heterocycles. The Morgan fingerprint density at radius 1 is 1.38 bits per heavy atom. The minimum Gasteiger partial charge on any atom is -0.480 e. The summed E-state index contributed by atoms with van der Waals surface area (Å²) in [6, 6.07) is -1.06. The van der Waals surface area contributed by atoms with Gasteiger partial charge in [0, 0.05) is 24.2 Å². The van der Waals surface area contributed by atoms with Gasteiger partial charge < -0.3 is 20.1 Å². The van der Waals surface area contributed by atoms with Crippen LogP contribution in [0.4, 0.5) is 4.79 Å². The number of hydrogen-bond acceptors (Lipinski definition) is 4. The van der Waals surface area contributed by atoms with E-state index in [0.29, 0.717) is 11.6 Å². The van der Waals surface area contributed by atoms with Gasteiger partial charge in [-0.05, 0) is 33.6 Å². The summed E-state index contributed by atoms with van der Waals surface area (Å²) in [4.78, 5) is 30.8. The third-order valence-corrected chi connectivity index (χ3v) is 4.05. The molecule has 0 aromatic carbocycles. The number of aromatic nitrogens is 2. The molecule has 1 aromatic rings. The van der Waals surface area contributed by atoms with E-state index in [0.717, 1.165) is 18.7 Å². The highest BCUT2D eigenvalue weighted by Gasteiger charge is 2.25. The standard InChI is InChI=1S/C17H27N3O4/c1-17(2,3)24-16(23)20-13(15(21)22)9-12-10-18-14(19-12)11-7-5-4-6-8-11/h10-11,13H,4-9H2,1-3H3,(H,18,19)(H,20,23)(H,21,22)/t13-/m0/s1. The van der Waals surface area contributed by atoms with Gasteiger partial charge in [0.25, 0.3) is 0 Å². The second-order valence-corrected chi connectivity index (χ2v) is 7.37. The number of rotatable bonds is 5. The zero-order chi connectivity index (χ0) is 17.7. The fourth-order valence-corrected chi connectivity index (χ4v) is 2.93. The van der Waals surface area contributed by atoms with E-state index in [2.05, 4.69) is 15.3 Å². The number of amides is 1. The lowest BCUT2D eigenvalue weighted by atomic mass is 9.89. The molecule has 1 atom stereocenters. The molecule has 0 bridgehead atoms. The zero-order valence-electron chi connectivity index (χ0n) is 14.6. The van der Waals surface area contributed by atoms with E-state index >= 15 is 0 Å². The minimum atomic E-state index is -1.10. The number of hydrogen-bond donors (Lipinski definition) is 3. The van der Waals surface area contributed by atoms with Gasteiger partial charge in [-0.2, -0.15) is 0 Å². The summed E-state index contributed by atoms with van der Waals surface area (Å²) in [5.41, 5.74) is 0.0361. The first kappa shape index (κ1) is 18.3. The normalized spacial score (nSPS) is 17.3. The third kappa shape index (κ3) is 5.54. The van der Waals surface area contributed by atoms with Crippen molar-refractivity contribution >= 4 is 12.1 Å². The van der Waals surface area contributed by atoms with Gasteiger partial charge in [0.1, 0.15) is 17.5 Å². The van der Waals surface area contributed by atoms with E-state index in [1.54, 1.807) is 27.0 Å². The Labute approximate surface area is 142 Å². The number of carboxylic acids is 1. The predicted molar refractivity (Wildman–Crippen MR) is 88.9 cm³/mol. The smallest absolute Gasteiger partial charge is 0.408 e. The number of carbonyl (C=O) groups is 2. The molecule has 24 heavy (non-hydrogen) atoms. The summed E-state index contributed by atoms with van der Waals surface area (Å²) < 4.78 is 5.12. The monoisotopic (exact) mass is 337 g/mol. The molecule has 0 radical (unpaired) electrons. The molecule has 134 valence electrons. The fourth-order valence-electron chi connectivity index (χ4n) is 2.93. The highest BCUT2D eigenvalue weighted by atomic mass is 16.6. The molecule has 1 aliphatic rings. The number of carbonyl (C=O) groups excluding carboxylic acids is 1. The second kappa shape index (κ2) is 7.68. The van der Waals surface area contributed by atoms with Crippen molar-refractivity contribution in [1.29, 1.82) is 0 Å². The van der Waals surface area contributed by atoms with Crippen LogP contribution in [-0.2, 0) is 16.0 Å². The van der Waals surface area contributed by atoms with Gasteiger partial charge >= 0.3 is 12.1 Å². The molecular formula is C17H27N3O4. The molecule has 1 heterocycles. The summed E-state index contributed by atoms with van der Waals surface area (Å²) in [7, 11) is 0. The van der Waals surface area contributed by atoms with Crippen molar-refractivity contribution in [3.63, 3.8) is 0 Å². The summed E-state index contributed by atoms with van der Waals surface area (Å²) in [6.07, 6.45) is 6.99. The van der Waals surface area contributed by atoms with Crippen molar-refractivity contribution in [3.8, 4) is 0 Å². The molecule has 3 N–H and O–H groups in total. The Kier molecular flexibility index (Phi) is 5.85. The predicted octanol–water partition coefficient (Wildman–Crippen LogP) is 2.98. The summed E-state index contributed by atoms with van der Waals surface area (Å²) in [6.45, 7) is 5.19. The maximum Gasteiger partial charge on any atom is 0.408 e. The highest BCUT2D eigenvalue weighted by molar-refractivity contribution is 5.80. The van der Waals surface area contributed by atoms with Crippen LogP contribution in [0.25, 0.3) is 0 Å². The van der Waals surface area contributed by atoms with Crippen LogP contribution >= 0.6 is 0 Å². The number of aromatic amines is 1. The van der Waals surface area contributed by atoms with Crippen molar-refractivity contribution in [3.05, 3.63) is 17.7 Å². The molecule has 1 amide bonds. The zero-order valence-corrected chi connectivity index (χ0v) is 14.6. The fraction of sp³-hybridized carbons (Fsp3) is 0.706. The van der Waals surface area contributed by atoms with Crippen LogP contribution in [0, 0.1) is 0 Å². The minimum absolute atomic E-state index is 0.147. The maximum atomic E-state index is 11.8. The third-order valence-electron chi connectivity index (χ3n) is 4.05. The molecule has 2 rings (SSSR count). The molecule has 0 spiro atoms. The Bertz CT molecular complexity index is 571. The number of nitrogens with zero attached hydrogens (tertiary/aromatic N) is 1. The van der Waals surface area contributed by atoms with Gasteiger partial charge in [0.05, 0.1) is 0 Å². The van der Waals surface area contributed by atoms with Gasteiger partial charge in [-0.3, -0.25) is 0 Å². The van der Waals surface area contributed by atoms with Gasteiger partial charge in [-0.25, -0.2) is 14.6 Å². The van der Waals surface area contributed by atoms with Crippen LogP contribution in [-0.4, -0.2) is 38.8 Å². The second-order valence-electron chi connectivity index (χ2n) is 7.37. The number of carboxylic acid groups (broad SMARTS) is 1. The number of H-pyrrole nitrogens is 1. The van der Waals surface area contributed by atoms with E-state index in [4.69, 9.17) is 4.74 Å². The number of alkyl carbamates (subject to hydrolysis) is 1. The number of aliphatic carboxylic acids is 1. The number of ether oxygens (including phenoxy) is 1. The Morgan fingerprint density at radius 2 is 2.04 bits per heavy atom. The first-order valence-electron chi connectivity index (χ1n) is 8.50. The van der Waals surface area contributed by atoms with Crippen LogP contribution in [0.2, 0.25) is 0 Å². The van der Waals surface area contributed by atoms with E-state index < -0.39 is 23.7 Å². The van der Waals surface area contributed by atoms with Gasteiger partial charge in [0.15, 0.2) is 0 Å². The quantitative estimate of drug-likeness (QED) is 0.766. The topological polar surface area (TPSA) is 104 Å². The molecule has 0 unspecified atom stereocenters. The molecule has 7 heteroatoms. The highest BCUT2D eigenvalue weighted by Crippen LogP contribution is 2.30. The van der Waals surface area contributed by atoms with E-state index in [9.17, 15) is 14.7 Å². The Morgan fingerprint density at radius 3 is 2.62 bits per heavy atom. The molecule has 1 aromatic heterocycles. The van der Waals surface area contributed by atoms with Gasteiger partial charge in [-0.15, -0.1) is 0 Å². The van der Waals surface area contributed by atoms with Crippen LogP contribution in [0.1, 0.15) is 70.3 Å². The molecule has 1 aliphatic carbocycles. The van der Waals surface area contributed by atoms with E-state index in [1.807, 2.05) is 0 Å². The van der Waals surface area contributed by atoms with Crippen LogP contribution < -0.4 is 5.32 Å². The van der Waals surface area contributed by atoms with E-state index in [1.165, 1.54) is 19.3 Å². The summed E-state index contributed by atoms with van der Waals surface area (Å²) in [5, 5.41) is 11.7.